The molecule has 0 amide bonds. The molecule has 8 nitrogen and oxygen atoms in total. The molecular formula is C18H24N2O6. The van der Waals surface area contributed by atoms with Gasteiger partial charge in [-0.1, -0.05) is 45.1 Å². The molecule has 0 heterocycles. The fourth-order valence-electron chi connectivity index (χ4n) is 2.65. The molecule has 0 aliphatic heterocycles. The SMILES string of the molecule is C/C=C/C(=O)Oc1ccc([N+](=O)[O-])c([N+](=O)[O-])c1CCCCCCCC. The van der Waals surface area contributed by atoms with Crippen molar-refractivity contribution in [3.8, 4) is 5.75 Å². The molecule has 142 valence electrons. The number of hydrogen-bond acceptors (Lipinski definition) is 6. The number of nitro groups is 2. The number of unbranched alkanes of at least 4 members (excludes halogenated alkanes) is 5. The van der Waals surface area contributed by atoms with Gasteiger partial charge < -0.3 is 4.74 Å². The molecular weight excluding hydrogens is 340 g/mol. The Bertz CT molecular complexity index is 685. The summed E-state index contributed by atoms with van der Waals surface area (Å²) in [5, 5.41) is 22.6. The molecule has 0 atom stereocenters. The maximum atomic E-state index is 11.7. The molecule has 8 heteroatoms. The molecule has 1 rings (SSSR count). The third-order valence-electron chi connectivity index (χ3n) is 3.89. The van der Waals surface area contributed by atoms with Crippen molar-refractivity contribution in [1.29, 1.82) is 0 Å². The van der Waals surface area contributed by atoms with Gasteiger partial charge in [-0.3, -0.25) is 20.2 Å². The van der Waals surface area contributed by atoms with Gasteiger partial charge in [0.2, 0.25) is 0 Å². The van der Waals surface area contributed by atoms with Crippen molar-refractivity contribution in [1.82, 2.24) is 0 Å². The maximum absolute atomic E-state index is 11.7. The van der Waals surface area contributed by atoms with Gasteiger partial charge in [0.05, 0.1) is 15.4 Å². The largest absolute Gasteiger partial charge is 0.423 e. The summed E-state index contributed by atoms with van der Waals surface area (Å²) in [5.74, 6) is -0.682. The first-order chi connectivity index (χ1) is 12.4. The van der Waals surface area contributed by atoms with Crippen LogP contribution in [-0.2, 0) is 11.2 Å². The van der Waals surface area contributed by atoms with E-state index in [1.807, 2.05) is 0 Å². The first-order valence-electron chi connectivity index (χ1n) is 8.71. The van der Waals surface area contributed by atoms with E-state index in [0.717, 1.165) is 38.2 Å². The molecule has 0 aromatic heterocycles. The van der Waals surface area contributed by atoms with Crippen LogP contribution < -0.4 is 4.74 Å². The van der Waals surface area contributed by atoms with Crippen LogP contribution in [0.1, 0.15) is 57.9 Å². The molecule has 0 bridgehead atoms. The summed E-state index contributed by atoms with van der Waals surface area (Å²) in [5.41, 5.74) is -1.10. The number of nitro benzene ring substituents is 2. The van der Waals surface area contributed by atoms with Crippen molar-refractivity contribution in [2.24, 2.45) is 0 Å². The lowest BCUT2D eigenvalue weighted by atomic mass is 10.0. The number of benzene rings is 1. The monoisotopic (exact) mass is 364 g/mol. The Hall–Kier alpha value is -2.77. The van der Waals surface area contributed by atoms with Crippen LogP contribution in [0.15, 0.2) is 24.3 Å². The second-order valence-corrected chi connectivity index (χ2v) is 5.86. The summed E-state index contributed by atoms with van der Waals surface area (Å²) in [6.45, 7) is 3.74. The lowest BCUT2D eigenvalue weighted by Gasteiger charge is -2.10. The van der Waals surface area contributed by atoms with Crippen LogP contribution in [0.4, 0.5) is 11.4 Å². The van der Waals surface area contributed by atoms with Crippen molar-refractivity contribution >= 4 is 17.3 Å². The summed E-state index contributed by atoms with van der Waals surface area (Å²) in [7, 11) is 0. The Morgan fingerprint density at radius 3 is 2.31 bits per heavy atom. The van der Waals surface area contributed by atoms with Gasteiger partial charge in [-0.05, 0) is 25.8 Å². The van der Waals surface area contributed by atoms with Crippen molar-refractivity contribution in [3.05, 3.63) is 50.1 Å². The lowest BCUT2D eigenvalue weighted by molar-refractivity contribution is -0.423. The van der Waals surface area contributed by atoms with E-state index in [9.17, 15) is 25.0 Å². The number of carbonyl (C=O) groups excluding carboxylic acids is 1. The molecule has 0 N–H and O–H groups in total. The average molecular weight is 364 g/mol. The van der Waals surface area contributed by atoms with E-state index < -0.39 is 27.2 Å². The van der Waals surface area contributed by atoms with Crippen molar-refractivity contribution in [3.63, 3.8) is 0 Å². The predicted octanol–water partition coefficient (Wildman–Crippen LogP) is 4.89. The smallest absolute Gasteiger partial charge is 0.352 e. The van der Waals surface area contributed by atoms with E-state index >= 15 is 0 Å². The van der Waals surface area contributed by atoms with Gasteiger partial charge in [-0.25, -0.2) is 4.79 Å². The Balaban J connectivity index is 3.12. The Kier molecular flexibility index (Phi) is 8.97. The number of nitrogens with zero attached hydrogens (tertiary/aromatic N) is 2. The topological polar surface area (TPSA) is 113 Å². The quantitative estimate of drug-likeness (QED) is 0.138. The van der Waals surface area contributed by atoms with Gasteiger partial charge in [-0.2, -0.15) is 0 Å². The zero-order valence-electron chi connectivity index (χ0n) is 15.1. The highest BCUT2D eigenvalue weighted by Gasteiger charge is 2.31. The minimum atomic E-state index is -0.791. The lowest BCUT2D eigenvalue weighted by Crippen LogP contribution is -2.09. The van der Waals surface area contributed by atoms with Gasteiger partial charge in [-0.15, -0.1) is 0 Å². The van der Waals surface area contributed by atoms with Crippen molar-refractivity contribution in [2.75, 3.05) is 0 Å². The first kappa shape index (κ1) is 21.3. The predicted molar refractivity (Wildman–Crippen MR) is 97.3 cm³/mol. The second-order valence-electron chi connectivity index (χ2n) is 5.86. The Morgan fingerprint density at radius 1 is 1.08 bits per heavy atom. The zero-order chi connectivity index (χ0) is 19.5. The highest BCUT2D eigenvalue weighted by atomic mass is 16.6. The first-order valence-corrected chi connectivity index (χ1v) is 8.71. The summed E-state index contributed by atoms with van der Waals surface area (Å²) < 4.78 is 5.15. The molecule has 1 aromatic rings. The van der Waals surface area contributed by atoms with E-state index in [1.165, 1.54) is 18.2 Å². The average Bonchev–Trinajstić information content (AvgIpc) is 2.58. The van der Waals surface area contributed by atoms with E-state index in [1.54, 1.807) is 6.92 Å². The van der Waals surface area contributed by atoms with Gasteiger partial charge in [0.25, 0.3) is 0 Å². The molecule has 0 aliphatic rings. The third-order valence-corrected chi connectivity index (χ3v) is 3.89. The number of allylic oxidation sites excluding steroid dienone is 1. The molecule has 0 spiro atoms. The van der Waals surface area contributed by atoms with Crippen LogP contribution in [0, 0.1) is 20.2 Å². The number of ether oxygens (including phenoxy) is 1. The van der Waals surface area contributed by atoms with Gasteiger partial charge in [0.15, 0.2) is 0 Å². The normalized spacial score (nSPS) is 10.8. The Morgan fingerprint density at radius 2 is 1.73 bits per heavy atom. The number of esters is 1. The highest BCUT2D eigenvalue weighted by Crippen LogP contribution is 2.38. The second kappa shape index (κ2) is 11.0. The van der Waals surface area contributed by atoms with E-state index in [0.29, 0.717) is 6.42 Å². The highest BCUT2D eigenvalue weighted by molar-refractivity contribution is 5.84. The summed E-state index contributed by atoms with van der Waals surface area (Å²) in [6, 6.07) is 2.25. The van der Waals surface area contributed by atoms with Crippen molar-refractivity contribution in [2.45, 2.75) is 58.8 Å². The van der Waals surface area contributed by atoms with Crippen LogP contribution in [-0.4, -0.2) is 15.8 Å². The fraction of sp³-hybridized carbons (Fsp3) is 0.500. The molecule has 0 fully saturated rings. The van der Waals surface area contributed by atoms with Gasteiger partial charge in [0, 0.05) is 12.1 Å². The molecule has 0 saturated carbocycles. The third kappa shape index (κ3) is 6.27. The van der Waals surface area contributed by atoms with Gasteiger partial charge >= 0.3 is 17.3 Å². The maximum Gasteiger partial charge on any atom is 0.352 e. The summed E-state index contributed by atoms with van der Waals surface area (Å²) >= 11 is 0. The standard InChI is InChI=1S/C18H24N2O6/c1-3-5-6-7-8-9-11-14-16(26-17(21)10-4-2)13-12-15(19(22)23)18(14)20(24)25/h4,10,12-13H,3,5-9,11H2,1-2H3/b10-4+. The van der Waals surface area contributed by atoms with Crippen LogP contribution in [0.25, 0.3) is 0 Å². The Labute approximate surface area is 152 Å². The number of hydrogen-bond donors (Lipinski definition) is 0. The minimum Gasteiger partial charge on any atom is -0.423 e. The van der Waals surface area contributed by atoms with Crippen LogP contribution >= 0.6 is 0 Å². The molecule has 0 radical (unpaired) electrons. The molecule has 1 aromatic carbocycles. The fourth-order valence-corrected chi connectivity index (χ4v) is 2.65. The number of carbonyl (C=O) groups is 1. The zero-order valence-corrected chi connectivity index (χ0v) is 15.1. The van der Waals surface area contributed by atoms with E-state index in [-0.39, 0.29) is 17.7 Å². The molecule has 0 aliphatic carbocycles. The molecule has 26 heavy (non-hydrogen) atoms. The molecule has 0 unspecified atom stereocenters. The van der Waals surface area contributed by atoms with Crippen molar-refractivity contribution < 1.29 is 19.4 Å². The van der Waals surface area contributed by atoms with Crippen LogP contribution in [0.3, 0.4) is 0 Å². The van der Waals surface area contributed by atoms with E-state index in [4.69, 9.17) is 4.74 Å². The summed E-state index contributed by atoms with van der Waals surface area (Å²) in [4.78, 5) is 32.7. The molecule has 0 saturated heterocycles. The number of rotatable bonds is 11. The van der Waals surface area contributed by atoms with Crippen LogP contribution in [0.5, 0.6) is 5.75 Å². The summed E-state index contributed by atoms with van der Waals surface area (Å²) in [6.07, 6.45) is 8.69. The minimum absolute atomic E-state index is 0.000965. The van der Waals surface area contributed by atoms with E-state index in [2.05, 4.69) is 6.92 Å². The van der Waals surface area contributed by atoms with Gasteiger partial charge in [0.1, 0.15) is 5.75 Å². The van der Waals surface area contributed by atoms with Crippen LogP contribution in [0.2, 0.25) is 0 Å².